The SMILES string of the molecule is Cc1ccc(S[C@@H]2O[C@H](CO)[C@@H](O[Si](C)(C)C(C)(C)C)[C@H](OCc3ccccc3)[C@H]2OCc2ccccc2)cc1. The van der Waals surface area contributed by atoms with Gasteiger partial charge in [0.1, 0.15) is 29.9 Å². The molecular formula is C33H44O5SSi. The topological polar surface area (TPSA) is 57.2 Å². The van der Waals surface area contributed by atoms with E-state index in [2.05, 4.69) is 89.3 Å². The van der Waals surface area contributed by atoms with Gasteiger partial charge in [-0.3, -0.25) is 0 Å². The molecule has 0 bridgehead atoms. The van der Waals surface area contributed by atoms with E-state index in [4.69, 9.17) is 18.6 Å². The normalized spacial score (nSPS) is 23.7. The zero-order valence-corrected chi connectivity index (χ0v) is 26.4. The number of aliphatic hydroxyl groups excluding tert-OH is 1. The molecule has 0 amide bonds. The molecule has 0 unspecified atom stereocenters. The third-order valence-electron chi connectivity index (χ3n) is 7.85. The van der Waals surface area contributed by atoms with Crippen molar-refractivity contribution in [2.75, 3.05) is 6.61 Å². The van der Waals surface area contributed by atoms with Crippen LogP contribution in [-0.4, -0.2) is 49.9 Å². The van der Waals surface area contributed by atoms with E-state index < -0.39 is 38.2 Å². The van der Waals surface area contributed by atoms with E-state index >= 15 is 0 Å². The van der Waals surface area contributed by atoms with E-state index in [1.54, 1.807) is 11.8 Å². The molecule has 0 aliphatic carbocycles. The molecule has 1 N–H and O–H groups in total. The lowest BCUT2D eigenvalue weighted by Crippen LogP contribution is -2.63. The fourth-order valence-electron chi connectivity index (χ4n) is 4.43. The van der Waals surface area contributed by atoms with Crippen molar-refractivity contribution in [1.82, 2.24) is 0 Å². The van der Waals surface area contributed by atoms with Crippen LogP contribution < -0.4 is 0 Å². The fraction of sp³-hybridized carbons (Fsp3) is 0.455. The van der Waals surface area contributed by atoms with Crippen LogP contribution in [-0.2, 0) is 31.9 Å². The fourth-order valence-corrected chi connectivity index (χ4v) is 6.88. The minimum absolute atomic E-state index is 0.0229. The Balaban J connectivity index is 1.70. The molecule has 0 spiro atoms. The Labute approximate surface area is 245 Å². The molecule has 1 aliphatic heterocycles. The lowest BCUT2D eigenvalue weighted by molar-refractivity contribution is -0.233. The molecule has 0 radical (unpaired) electrons. The van der Waals surface area contributed by atoms with Gasteiger partial charge in [0.2, 0.25) is 0 Å². The standard InChI is InChI=1S/C33H44O5SSi/c1-24-17-19-27(20-18-24)39-32-31(36-23-26-15-11-8-12-16-26)30(35-22-25-13-9-7-10-14-25)29(28(21-34)37-32)38-40(5,6)33(2,3)4/h7-20,28-32,34H,21-23H2,1-6H3/t28-,29-,30+,31-,32+/m1/s1. The highest BCUT2D eigenvalue weighted by molar-refractivity contribution is 7.99. The second-order valence-corrected chi connectivity index (χ2v) is 17.9. The van der Waals surface area contributed by atoms with Gasteiger partial charge in [-0.25, -0.2) is 0 Å². The molecule has 0 saturated carbocycles. The Morgan fingerprint density at radius 1 is 0.775 bits per heavy atom. The lowest BCUT2D eigenvalue weighted by atomic mass is 9.99. The average Bonchev–Trinajstić information content (AvgIpc) is 2.93. The second kappa shape index (κ2) is 13.8. The highest BCUT2D eigenvalue weighted by Gasteiger charge is 2.51. The first-order valence-corrected chi connectivity index (χ1v) is 17.8. The van der Waals surface area contributed by atoms with E-state index in [-0.39, 0.29) is 11.6 Å². The van der Waals surface area contributed by atoms with Crippen molar-refractivity contribution in [2.24, 2.45) is 0 Å². The van der Waals surface area contributed by atoms with Crippen molar-refractivity contribution >= 4 is 20.1 Å². The Kier molecular flexibility index (Phi) is 10.7. The van der Waals surface area contributed by atoms with Crippen molar-refractivity contribution in [3.63, 3.8) is 0 Å². The molecule has 0 aromatic heterocycles. The molecule has 3 aromatic rings. The van der Waals surface area contributed by atoms with Gasteiger partial charge in [-0.15, -0.1) is 0 Å². The van der Waals surface area contributed by atoms with Crippen molar-refractivity contribution in [3.8, 4) is 0 Å². The van der Waals surface area contributed by atoms with Crippen LogP contribution in [0.15, 0.2) is 89.8 Å². The zero-order chi connectivity index (χ0) is 28.8. The van der Waals surface area contributed by atoms with Crippen LogP contribution in [0.2, 0.25) is 18.1 Å². The van der Waals surface area contributed by atoms with Crippen molar-refractivity contribution in [3.05, 3.63) is 102 Å². The first kappa shape index (κ1) is 31.0. The van der Waals surface area contributed by atoms with Gasteiger partial charge in [-0.2, -0.15) is 0 Å². The summed E-state index contributed by atoms with van der Waals surface area (Å²) in [5.74, 6) is 0. The third kappa shape index (κ3) is 8.07. The van der Waals surface area contributed by atoms with Crippen LogP contribution >= 0.6 is 11.8 Å². The number of ether oxygens (including phenoxy) is 3. The van der Waals surface area contributed by atoms with Crippen LogP contribution in [0.25, 0.3) is 0 Å². The van der Waals surface area contributed by atoms with Crippen molar-refractivity contribution in [1.29, 1.82) is 0 Å². The van der Waals surface area contributed by atoms with Gasteiger partial charge >= 0.3 is 0 Å². The van der Waals surface area contributed by atoms with Crippen LogP contribution in [0.5, 0.6) is 0 Å². The molecule has 40 heavy (non-hydrogen) atoms. The first-order chi connectivity index (χ1) is 19.1. The predicted molar refractivity (Wildman–Crippen MR) is 165 cm³/mol. The number of hydrogen-bond donors (Lipinski definition) is 1. The number of thioether (sulfide) groups is 1. The van der Waals surface area contributed by atoms with Gasteiger partial charge in [-0.1, -0.05) is 111 Å². The Morgan fingerprint density at radius 2 is 1.30 bits per heavy atom. The van der Waals surface area contributed by atoms with E-state index in [0.29, 0.717) is 13.2 Å². The van der Waals surface area contributed by atoms with Gasteiger partial charge in [0, 0.05) is 4.90 Å². The van der Waals surface area contributed by atoms with Crippen molar-refractivity contribution in [2.45, 2.75) is 93.8 Å². The van der Waals surface area contributed by atoms with E-state index in [1.807, 2.05) is 36.4 Å². The summed E-state index contributed by atoms with van der Waals surface area (Å²) in [6, 6.07) is 28.7. The maximum Gasteiger partial charge on any atom is 0.192 e. The zero-order valence-electron chi connectivity index (χ0n) is 24.6. The second-order valence-electron chi connectivity index (χ2n) is 12.0. The molecule has 1 saturated heterocycles. The molecule has 4 rings (SSSR count). The summed E-state index contributed by atoms with van der Waals surface area (Å²) in [5, 5.41) is 10.6. The summed E-state index contributed by atoms with van der Waals surface area (Å²) >= 11 is 1.60. The summed E-state index contributed by atoms with van der Waals surface area (Å²) in [7, 11) is -2.25. The monoisotopic (exact) mass is 580 g/mol. The average molecular weight is 581 g/mol. The molecule has 3 aromatic carbocycles. The highest BCUT2D eigenvalue weighted by Crippen LogP contribution is 2.42. The summed E-state index contributed by atoms with van der Waals surface area (Å²) in [6.07, 6.45) is -1.92. The van der Waals surface area contributed by atoms with Gasteiger partial charge in [0.05, 0.1) is 19.8 Å². The van der Waals surface area contributed by atoms with Crippen LogP contribution in [0.1, 0.15) is 37.5 Å². The molecule has 1 heterocycles. The first-order valence-electron chi connectivity index (χ1n) is 14.1. The smallest absolute Gasteiger partial charge is 0.192 e. The predicted octanol–water partition coefficient (Wildman–Crippen LogP) is 7.37. The molecule has 5 atom stereocenters. The van der Waals surface area contributed by atoms with Gasteiger partial charge in [0.25, 0.3) is 0 Å². The maximum atomic E-state index is 10.6. The van der Waals surface area contributed by atoms with Crippen LogP contribution in [0, 0.1) is 6.92 Å². The quantitative estimate of drug-likeness (QED) is 0.239. The molecular weight excluding hydrogens is 537 g/mol. The molecule has 1 fully saturated rings. The lowest BCUT2D eigenvalue weighted by Gasteiger charge is -2.49. The Morgan fingerprint density at radius 3 is 1.80 bits per heavy atom. The molecule has 7 heteroatoms. The van der Waals surface area contributed by atoms with Gasteiger partial charge < -0.3 is 23.7 Å². The Bertz CT molecular complexity index is 1170. The van der Waals surface area contributed by atoms with Crippen molar-refractivity contribution < 1.29 is 23.7 Å². The summed E-state index contributed by atoms with van der Waals surface area (Å²) in [6.45, 7) is 13.8. The summed E-state index contributed by atoms with van der Waals surface area (Å²) in [5.41, 5.74) is 2.95. The minimum atomic E-state index is -2.25. The minimum Gasteiger partial charge on any atom is -0.408 e. The van der Waals surface area contributed by atoms with E-state index in [1.165, 1.54) is 5.56 Å². The molecule has 5 nitrogen and oxygen atoms in total. The maximum absolute atomic E-state index is 10.6. The number of rotatable bonds is 11. The molecule has 216 valence electrons. The number of benzene rings is 3. The number of aliphatic hydroxyl groups is 1. The van der Waals surface area contributed by atoms with E-state index in [0.717, 1.165) is 16.0 Å². The number of aryl methyl sites for hydroxylation is 1. The number of hydrogen-bond acceptors (Lipinski definition) is 6. The summed E-state index contributed by atoms with van der Waals surface area (Å²) < 4.78 is 27.0. The van der Waals surface area contributed by atoms with Crippen LogP contribution in [0.3, 0.4) is 0 Å². The highest BCUT2D eigenvalue weighted by atomic mass is 32.2. The van der Waals surface area contributed by atoms with Gasteiger partial charge in [-0.05, 0) is 48.3 Å². The third-order valence-corrected chi connectivity index (χ3v) is 13.5. The van der Waals surface area contributed by atoms with E-state index in [9.17, 15) is 5.11 Å². The Hall–Kier alpha value is -1.97. The largest absolute Gasteiger partial charge is 0.408 e. The summed E-state index contributed by atoms with van der Waals surface area (Å²) in [4.78, 5) is 1.08. The van der Waals surface area contributed by atoms with Crippen LogP contribution in [0.4, 0.5) is 0 Å². The van der Waals surface area contributed by atoms with Gasteiger partial charge in [0.15, 0.2) is 8.32 Å². The molecule has 1 aliphatic rings.